The van der Waals surface area contributed by atoms with E-state index < -0.39 is 5.92 Å². The van der Waals surface area contributed by atoms with E-state index in [1.54, 1.807) is 16.8 Å². The van der Waals surface area contributed by atoms with Crippen molar-refractivity contribution in [1.82, 2.24) is 9.78 Å². The number of rotatable bonds is 3. The minimum atomic E-state index is -0.557. The Hall–Kier alpha value is -2.92. The molecule has 0 saturated heterocycles. The molecule has 1 aromatic heterocycles. The van der Waals surface area contributed by atoms with Crippen molar-refractivity contribution in [3.63, 3.8) is 0 Å². The van der Waals surface area contributed by atoms with E-state index in [4.69, 9.17) is 11.6 Å². The fraction of sp³-hybridized carbons (Fsp3) is 0.227. The third-order valence-corrected chi connectivity index (χ3v) is 5.35. The highest BCUT2D eigenvalue weighted by molar-refractivity contribution is 6.30. The SMILES string of the molecule is Cc1ccc(C(=O)[C@@H]2CC(=O)Nc3c2c(C)nn3-c2cccc(Cl)c2)c(C)c1. The zero-order chi connectivity index (χ0) is 20.0. The number of nitrogens with zero attached hydrogens (tertiary/aromatic N) is 2. The van der Waals surface area contributed by atoms with Gasteiger partial charge in [0.2, 0.25) is 5.91 Å². The van der Waals surface area contributed by atoms with Crippen LogP contribution in [0.4, 0.5) is 5.82 Å². The minimum absolute atomic E-state index is 0.0534. The Morgan fingerprint density at radius 3 is 2.68 bits per heavy atom. The zero-order valence-corrected chi connectivity index (χ0v) is 16.7. The number of ketones is 1. The van der Waals surface area contributed by atoms with Crippen LogP contribution in [0.15, 0.2) is 42.5 Å². The maximum Gasteiger partial charge on any atom is 0.226 e. The van der Waals surface area contributed by atoms with Gasteiger partial charge in [0.25, 0.3) is 0 Å². The number of hydrogen-bond acceptors (Lipinski definition) is 3. The Morgan fingerprint density at radius 2 is 1.96 bits per heavy atom. The quantitative estimate of drug-likeness (QED) is 0.652. The van der Waals surface area contributed by atoms with Crippen molar-refractivity contribution in [3.05, 3.63) is 75.4 Å². The van der Waals surface area contributed by atoms with E-state index in [2.05, 4.69) is 10.4 Å². The molecule has 0 aliphatic carbocycles. The highest BCUT2D eigenvalue weighted by atomic mass is 35.5. The van der Waals surface area contributed by atoms with Crippen molar-refractivity contribution in [2.24, 2.45) is 0 Å². The fourth-order valence-corrected chi connectivity index (χ4v) is 4.03. The Labute approximate surface area is 168 Å². The number of nitrogens with one attached hydrogen (secondary N) is 1. The Kier molecular flexibility index (Phi) is 4.55. The average Bonchev–Trinajstić information content (AvgIpc) is 2.97. The third-order valence-electron chi connectivity index (χ3n) is 5.12. The number of anilines is 1. The van der Waals surface area contributed by atoms with E-state index in [0.717, 1.165) is 28.1 Å². The molecule has 2 heterocycles. The summed E-state index contributed by atoms with van der Waals surface area (Å²) in [5, 5.41) is 8.06. The lowest BCUT2D eigenvalue weighted by atomic mass is 9.84. The summed E-state index contributed by atoms with van der Waals surface area (Å²) in [4.78, 5) is 25.8. The minimum Gasteiger partial charge on any atom is -0.310 e. The zero-order valence-electron chi connectivity index (χ0n) is 15.9. The van der Waals surface area contributed by atoms with Crippen LogP contribution in [-0.4, -0.2) is 21.5 Å². The lowest BCUT2D eigenvalue weighted by molar-refractivity contribution is -0.116. The molecule has 0 spiro atoms. The van der Waals surface area contributed by atoms with Gasteiger partial charge >= 0.3 is 0 Å². The van der Waals surface area contributed by atoms with Gasteiger partial charge in [-0.25, -0.2) is 4.68 Å². The molecule has 6 heteroatoms. The molecule has 3 aromatic rings. The van der Waals surface area contributed by atoms with Gasteiger partial charge in [-0.1, -0.05) is 41.4 Å². The van der Waals surface area contributed by atoms with Gasteiger partial charge < -0.3 is 5.32 Å². The summed E-state index contributed by atoms with van der Waals surface area (Å²) in [6.45, 7) is 5.78. The smallest absolute Gasteiger partial charge is 0.226 e. The van der Waals surface area contributed by atoms with Gasteiger partial charge in [0.05, 0.1) is 17.3 Å². The first-order chi connectivity index (χ1) is 13.3. The first-order valence-corrected chi connectivity index (χ1v) is 9.49. The average molecular weight is 394 g/mol. The van der Waals surface area contributed by atoms with Gasteiger partial charge in [-0.3, -0.25) is 9.59 Å². The predicted molar refractivity (Wildman–Crippen MR) is 110 cm³/mol. The first-order valence-electron chi connectivity index (χ1n) is 9.12. The van der Waals surface area contributed by atoms with Gasteiger partial charge in [0.1, 0.15) is 5.82 Å². The standard InChI is InChI=1S/C22H20ClN3O2/c1-12-7-8-17(13(2)9-12)21(28)18-11-19(27)24-22-20(18)14(3)25-26(22)16-6-4-5-15(23)10-16/h4-10,18H,11H2,1-3H3,(H,24,27)/t18-/m1/s1. The van der Waals surface area contributed by atoms with Crippen LogP contribution in [0.5, 0.6) is 0 Å². The molecule has 1 aliphatic heterocycles. The number of hydrogen-bond donors (Lipinski definition) is 1. The topological polar surface area (TPSA) is 64.0 Å². The normalized spacial score (nSPS) is 15.9. The summed E-state index contributed by atoms with van der Waals surface area (Å²) < 4.78 is 1.65. The van der Waals surface area contributed by atoms with E-state index in [0.29, 0.717) is 16.4 Å². The number of carbonyl (C=O) groups is 2. The molecule has 2 aromatic carbocycles. The molecule has 0 unspecified atom stereocenters. The Morgan fingerprint density at radius 1 is 1.18 bits per heavy atom. The lowest BCUT2D eigenvalue weighted by Gasteiger charge is -2.23. The number of fused-ring (bicyclic) bond motifs is 1. The largest absolute Gasteiger partial charge is 0.310 e. The van der Waals surface area contributed by atoms with E-state index in [1.165, 1.54) is 0 Å². The van der Waals surface area contributed by atoms with Crippen LogP contribution >= 0.6 is 11.6 Å². The van der Waals surface area contributed by atoms with Gasteiger partial charge in [-0.05, 0) is 44.5 Å². The first kappa shape index (κ1) is 18.4. The van der Waals surface area contributed by atoms with E-state index in [9.17, 15) is 9.59 Å². The van der Waals surface area contributed by atoms with Crippen molar-refractivity contribution in [1.29, 1.82) is 0 Å². The maximum atomic E-state index is 13.4. The highest BCUT2D eigenvalue weighted by Crippen LogP contribution is 2.38. The number of aromatic nitrogens is 2. The summed E-state index contributed by atoms with van der Waals surface area (Å²) in [7, 11) is 0. The third kappa shape index (κ3) is 3.12. The summed E-state index contributed by atoms with van der Waals surface area (Å²) >= 11 is 6.12. The second kappa shape index (κ2) is 6.91. The number of amides is 1. The molecule has 0 saturated carbocycles. The van der Waals surface area contributed by atoms with Gasteiger partial charge in [-0.2, -0.15) is 5.10 Å². The number of Topliss-reactive ketones (excluding diaryl/α,β-unsaturated/α-hetero) is 1. The van der Waals surface area contributed by atoms with Crippen molar-refractivity contribution in [2.75, 3.05) is 5.32 Å². The number of carbonyl (C=O) groups excluding carboxylic acids is 2. The van der Waals surface area contributed by atoms with Gasteiger partial charge in [0.15, 0.2) is 5.78 Å². The molecule has 0 radical (unpaired) electrons. The molecule has 0 bridgehead atoms. The van der Waals surface area contributed by atoms with Gasteiger partial charge in [-0.15, -0.1) is 0 Å². The number of halogens is 1. The van der Waals surface area contributed by atoms with E-state index >= 15 is 0 Å². The van der Waals surface area contributed by atoms with Crippen LogP contribution in [0.3, 0.4) is 0 Å². The second-order valence-electron chi connectivity index (χ2n) is 7.23. The summed E-state index contributed by atoms with van der Waals surface area (Å²) in [5.41, 5.74) is 4.88. The molecular weight excluding hydrogens is 374 g/mol. The van der Waals surface area contributed by atoms with Crippen LogP contribution in [0.25, 0.3) is 5.69 Å². The number of aryl methyl sites for hydroxylation is 3. The summed E-state index contributed by atoms with van der Waals surface area (Å²) in [6, 6.07) is 13.0. The number of benzene rings is 2. The Balaban J connectivity index is 1.83. The molecule has 1 N–H and O–H groups in total. The summed E-state index contributed by atoms with van der Waals surface area (Å²) in [6.07, 6.45) is 0.112. The van der Waals surface area contributed by atoms with Crippen LogP contribution < -0.4 is 5.32 Å². The molecule has 142 valence electrons. The van der Waals surface area contributed by atoms with E-state index in [-0.39, 0.29) is 18.1 Å². The van der Waals surface area contributed by atoms with Crippen LogP contribution in [0, 0.1) is 20.8 Å². The van der Waals surface area contributed by atoms with Crippen molar-refractivity contribution < 1.29 is 9.59 Å². The lowest BCUT2D eigenvalue weighted by Crippen LogP contribution is -2.28. The molecule has 1 atom stereocenters. The molecule has 5 nitrogen and oxygen atoms in total. The molecule has 1 aliphatic rings. The van der Waals surface area contributed by atoms with Crippen LogP contribution in [0.1, 0.15) is 45.1 Å². The molecule has 1 amide bonds. The highest BCUT2D eigenvalue weighted by Gasteiger charge is 2.36. The van der Waals surface area contributed by atoms with Crippen molar-refractivity contribution in [2.45, 2.75) is 33.1 Å². The molecule has 4 rings (SSSR count). The van der Waals surface area contributed by atoms with Crippen LogP contribution in [-0.2, 0) is 4.79 Å². The molecule has 0 fully saturated rings. The molecule has 28 heavy (non-hydrogen) atoms. The summed E-state index contributed by atoms with van der Waals surface area (Å²) in [5.74, 6) is -0.265. The van der Waals surface area contributed by atoms with E-state index in [1.807, 2.05) is 51.1 Å². The molecular formula is C22H20ClN3O2. The van der Waals surface area contributed by atoms with Crippen LogP contribution in [0.2, 0.25) is 5.02 Å². The van der Waals surface area contributed by atoms with Crippen molar-refractivity contribution >= 4 is 29.1 Å². The predicted octanol–water partition coefficient (Wildman–Crippen LogP) is 4.76. The monoisotopic (exact) mass is 393 g/mol. The maximum absolute atomic E-state index is 13.4. The van der Waals surface area contributed by atoms with Gasteiger partial charge in [0, 0.05) is 22.6 Å². The Bertz CT molecular complexity index is 1120. The van der Waals surface area contributed by atoms with Crippen molar-refractivity contribution in [3.8, 4) is 5.69 Å². The fourth-order valence-electron chi connectivity index (χ4n) is 3.84. The second-order valence-corrected chi connectivity index (χ2v) is 7.66.